The van der Waals surface area contributed by atoms with Gasteiger partial charge in [0.1, 0.15) is 18.0 Å². The van der Waals surface area contributed by atoms with E-state index in [4.69, 9.17) is 11.6 Å². The second kappa shape index (κ2) is 7.11. The third kappa shape index (κ3) is 4.20. The minimum absolute atomic E-state index is 0.679. The van der Waals surface area contributed by atoms with E-state index in [1.165, 1.54) is 5.56 Å². The topological polar surface area (TPSA) is 49.8 Å². The van der Waals surface area contributed by atoms with Crippen LogP contribution in [-0.4, -0.2) is 9.97 Å². The number of nitrogens with one attached hydrogen (secondary N) is 2. The van der Waals surface area contributed by atoms with Crippen molar-refractivity contribution in [2.45, 2.75) is 13.5 Å². The van der Waals surface area contributed by atoms with Crippen molar-refractivity contribution in [2.24, 2.45) is 0 Å². The molecule has 0 aliphatic heterocycles. The average Bonchev–Trinajstić information content (AvgIpc) is 2.57. The van der Waals surface area contributed by atoms with E-state index < -0.39 is 0 Å². The molecule has 0 fully saturated rings. The van der Waals surface area contributed by atoms with Crippen molar-refractivity contribution in [3.05, 3.63) is 77.1 Å². The predicted octanol–water partition coefficient (Wildman–Crippen LogP) is 4.79. The van der Waals surface area contributed by atoms with Crippen LogP contribution in [0.1, 0.15) is 11.1 Å². The Balaban J connectivity index is 1.67. The number of anilines is 3. The lowest BCUT2D eigenvalue weighted by atomic mass is 10.2. The monoisotopic (exact) mass is 324 g/mol. The van der Waals surface area contributed by atoms with Crippen LogP contribution in [0.5, 0.6) is 0 Å². The Bertz CT molecular complexity index is 787. The molecule has 3 aromatic rings. The molecule has 0 radical (unpaired) electrons. The SMILES string of the molecule is Cc1ccccc1Nc1cc(NCc2ccc(Cl)cc2)ncn1. The second-order valence-electron chi connectivity index (χ2n) is 5.21. The van der Waals surface area contributed by atoms with E-state index in [9.17, 15) is 0 Å². The summed E-state index contributed by atoms with van der Waals surface area (Å²) in [5, 5.41) is 7.33. The first-order valence-corrected chi connectivity index (χ1v) is 7.71. The summed E-state index contributed by atoms with van der Waals surface area (Å²) in [6, 6.07) is 17.7. The molecule has 116 valence electrons. The molecule has 0 saturated carbocycles. The Kier molecular flexibility index (Phi) is 4.74. The van der Waals surface area contributed by atoms with Crippen molar-refractivity contribution in [2.75, 3.05) is 10.6 Å². The molecule has 2 aromatic carbocycles. The van der Waals surface area contributed by atoms with Crippen LogP contribution in [0.4, 0.5) is 17.3 Å². The first-order valence-electron chi connectivity index (χ1n) is 7.34. The number of halogens is 1. The lowest BCUT2D eigenvalue weighted by Gasteiger charge is -2.10. The smallest absolute Gasteiger partial charge is 0.135 e. The van der Waals surface area contributed by atoms with Crippen LogP contribution in [0, 0.1) is 6.92 Å². The van der Waals surface area contributed by atoms with Crippen molar-refractivity contribution >= 4 is 28.9 Å². The maximum atomic E-state index is 5.89. The van der Waals surface area contributed by atoms with E-state index in [1.807, 2.05) is 48.5 Å². The van der Waals surface area contributed by atoms with Crippen molar-refractivity contribution in [3.63, 3.8) is 0 Å². The van der Waals surface area contributed by atoms with Gasteiger partial charge in [-0.15, -0.1) is 0 Å². The molecule has 0 aliphatic rings. The van der Waals surface area contributed by atoms with Crippen LogP contribution < -0.4 is 10.6 Å². The summed E-state index contributed by atoms with van der Waals surface area (Å²) in [5.74, 6) is 1.53. The molecule has 2 N–H and O–H groups in total. The Labute approximate surface area is 140 Å². The van der Waals surface area contributed by atoms with Crippen LogP contribution in [0.25, 0.3) is 0 Å². The zero-order chi connectivity index (χ0) is 16.1. The lowest BCUT2D eigenvalue weighted by molar-refractivity contribution is 1.08. The van der Waals surface area contributed by atoms with E-state index in [0.29, 0.717) is 6.54 Å². The van der Waals surface area contributed by atoms with Gasteiger partial charge in [-0.1, -0.05) is 41.9 Å². The standard InChI is InChI=1S/C18H17ClN4/c1-13-4-2-3-5-16(13)23-18-10-17(21-12-22-18)20-11-14-6-8-15(19)9-7-14/h2-10,12H,11H2,1H3,(H2,20,21,22,23). The third-order valence-electron chi connectivity index (χ3n) is 3.46. The van der Waals surface area contributed by atoms with Gasteiger partial charge < -0.3 is 10.6 Å². The maximum Gasteiger partial charge on any atom is 0.135 e. The fourth-order valence-corrected chi connectivity index (χ4v) is 2.29. The molecule has 23 heavy (non-hydrogen) atoms. The maximum absolute atomic E-state index is 5.89. The molecule has 0 aliphatic carbocycles. The molecule has 0 unspecified atom stereocenters. The van der Waals surface area contributed by atoms with Gasteiger partial charge in [0, 0.05) is 23.3 Å². The summed E-state index contributed by atoms with van der Waals surface area (Å²) >= 11 is 5.89. The fraction of sp³-hybridized carbons (Fsp3) is 0.111. The first kappa shape index (κ1) is 15.3. The Morgan fingerprint density at radius 3 is 2.48 bits per heavy atom. The number of para-hydroxylation sites is 1. The highest BCUT2D eigenvalue weighted by atomic mass is 35.5. The van der Waals surface area contributed by atoms with Gasteiger partial charge in [-0.05, 0) is 36.2 Å². The van der Waals surface area contributed by atoms with E-state index >= 15 is 0 Å². The highest BCUT2D eigenvalue weighted by Gasteiger charge is 2.02. The van der Waals surface area contributed by atoms with Crippen molar-refractivity contribution in [3.8, 4) is 0 Å². The van der Waals surface area contributed by atoms with Gasteiger partial charge in [-0.3, -0.25) is 0 Å². The molecule has 1 heterocycles. The summed E-state index contributed by atoms with van der Waals surface area (Å²) in [4.78, 5) is 8.51. The summed E-state index contributed by atoms with van der Waals surface area (Å²) in [6.45, 7) is 2.74. The molecule has 4 nitrogen and oxygen atoms in total. The minimum Gasteiger partial charge on any atom is -0.366 e. The molecule has 0 atom stereocenters. The Morgan fingerprint density at radius 1 is 0.957 bits per heavy atom. The van der Waals surface area contributed by atoms with Crippen LogP contribution in [0.3, 0.4) is 0 Å². The zero-order valence-electron chi connectivity index (χ0n) is 12.8. The van der Waals surface area contributed by atoms with Gasteiger partial charge in [0.2, 0.25) is 0 Å². The highest BCUT2D eigenvalue weighted by molar-refractivity contribution is 6.30. The quantitative estimate of drug-likeness (QED) is 0.708. The van der Waals surface area contributed by atoms with Crippen LogP contribution in [-0.2, 0) is 6.54 Å². The lowest BCUT2D eigenvalue weighted by Crippen LogP contribution is -2.03. The molecule has 0 amide bonds. The Morgan fingerprint density at radius 2 is 1.70 bits per heavy atom. The predicted molar refractivity (Wildman–Crippen MR) is 95.3 cm³/mol. The summed E-state index contributed by atoms with van der Waals surface area (Å²) in [7, 11) is 0. The number of benzene rings is 2. The number of aryl methyl sites for hydroxylation is 1. The molecule has 0 saturated heterocycles. The minimum atomic E-state index is 0.679. The first-order chi connectivity index (χ1) is 11.2. The average molecular weight is 325 g/mol. The normalized spacial score (nSPS) is 10.3. The van der Waals surface area contributed by atoms with Gasteiger partial charge in [-0.2, -0.15) is 0 Å². The zero-order valence-corrected chi connectivity index (χ0v) is 13.5. The van der Waals surface area contributed by atoms with E-state index in [1.54, 1.807) is 6.33 Å². The van der Waals surface area contributed by atoms with E-state index in [2.05, 4.69) is 33.6 Å². The van der Waals surface area contributed by atoms with Crippen LogP contribution >= 0.6 is 11.6 Å². The van der Waals surface area contributed by atoms with E-state index in [-0.39, 0.29) is 0 Å². The molecular weight excluding hydrogens is 308 g/mol. The summed E-state index contributed by atoms with van der Waals surface area (Å²) in [5.41, 5.74) is 3.35. The van der Waals surface area contributed by atoms with Crippen LogP contribution in [0.15, 0.2) is 60.9 Å². The van der Waals surface area contributed by atoms with E-state index in [0.717, 1.165) is 27.9 Å². The van der Waals surface area contributed by atoms with Gasteiger partial charge in [0.05, 0.1) is 0 Å². The molecule has 0 bridgehead atoms. The van der Waals surface area contributed by atoms with Gasteiger partial charge >= 0.3 is 0 Å². The highest BCUT2D eigenvalue weighted by Crippen LogP contribution is 2.20. The van der Waals surface area contributed by atoms with Crippen LogP contribution in [0.2, 0.25) is 5.02 Å². The number of hydrogen-bond acceptors (Lipinski definition) is 4. The number of rotatable bonds is 5. The molecule has 1 aromatic heterocycles. The number of aromatic nitrogens is 2. The molecule has 3 rings (SSSR count). The summed E-state index contributed by atoms with van der Waals surface area (Å²) in [6.07, 6.45) is 1.55. The molecular formula is C18H17ClN4. The largest absolute Gasteiger partial charge is 0.366 e. The fourth-order valence-electron chi connectivity index (χ4n) is 2.17. The summed E-state index contributed by atoms with van der Waals surface area (Å²) < 4.78 is 0. The third-order valence-corrected chi connectivity index (χ3v) is 3.71. The Hall–Kier alpha value is -2.59. The van der Waals surface area contributed by atoms with Crippen molar-refractivity contribution in [1.29, 1.82) is 0 Å². The molecule has 5 heteroatoms. The van der Waals surface area contributed by atoms with Crippen molar-refractivity contribution < 1.29 is 0 Å². The number of hydrogen-bond donors (Lipinski definition) is 2. The van der Waals surface area contributed by atoms with Gasteiger partial charge in [0.15, 0.2) is 0 Å². The van der Waals surface area contributed by atoms with Gasteiger partial charge in [-0.25, -0.2) is 9.97 Å². The van der Waals surface area contributed by atoms with Crippen molar-refractivity contribution in [1.82, 2.24) is 9.97 Å². The molecule has 0 spiro atoms. The number of nitrogens with zero attached hydrogens (tertiary/aromatic N) is 2. The second-order valence-corrected chi connectivity index (χ2v) is 5.64. The van der Waals surface area contributed by atoms with Gasteiger partial charge in [0.25, 0.3) is 0 Å².